The van der Waals surface area contributed by atoms with Gasteiger partial charge in [0.15, 0.2) is 5.78 Å². The summed E-state index contributed by atoms with van der Waals surface area (Å²) >= 11 is 0. The van der Waals surface area contributed by atoms with Crippen LogP contribution in [0.4, 0.5) is 24.5 Å². The number of rotatable bonds is 5. The highest BCUT2D eigenvalue weighted by atomic mass is 19.4. The average molecular weight is 390 g/mol. The van der Waals surface area contributed by atoms with E-state index in [1.54, 1.807) is 24.3 Å². The minimum absolute atomic E-state index is 0.101. The third-order valence-electron chi connectivity index (χ3n) is 4.51. The van der Waals surface area contributed by atoms with Crippen LogP contribution in [0.3, 0.4) is 0 Å². The second-order valence-corrected chi connectivity index (χ2v) is 6.60. The van der Waals surface area contributed by atoms with E-state index in [0.717, 1.165) is 6.07 Å². The van der Waals surface area contributed by atoms with Gasteiger partial charge in [0.2, 0.25) is 11.8 Å². The Labute approximate surface area is 158 Å². The first-order chi connectivity index (χ1) is 13.2. The van der Waals surface area contributed by atoms with Gasteiger partial charge in [-0.25, -0.2) is 0 Å². The SMILES string of the molecule is CC(=O)c1ccc(NC(=O)C2CC2C(=O)Nc2ccccc2C(F)(F)F)cc1. The second-order valence-electron chi connectivity index (χ2n) is 6.60. The van der Waals surface area contributed by atoms with E-state index < -0.39 is 29.5 Å². The van der Waals surface area contributed by atoms with Crippen molar-refractivity contribution >= 4 is 29.0 Å². The van der Waals surface area contributed by atoms with Crippen LogP contribution in [0, 0.1) is 11.8 Å². The van der Waals surface area contributed by atoms with Gasteiger partial charge in [-0.1, -0.05) is 12.1 Å². The summed E-state index contributed by atoms with van der Waals surface area (Å²) in [7, 11) is 0. The quantitative estimate of drug-likeness (QED) is 0.754. The Morgan fingerprint density at radius 1 is 0.893 bits per heavy atom. The number of Topliss-reactive ketones (excluding diaryl/α,β-unsaturated/α-hetero) is 1. The number of ketones is 1. The highest BCUT2D eigenvalue weighted by Gasteiger charge is 2.48. The van der Waals surface area contributed by atoms with Crippen LogP contribution < -0.4 is 10.6 Å². The van der Waals surface area contributed by atoms with Crippen molar-refractivity contribution in [2.24, 2.45) is 11.8 Å². The Kier molecular flexibility index (Phi) is 5.22. The van der Waals surface area contributed by atoms with Gasteiger partial charge in [0.05, 0.1) is 23.1 Å². The Morgan fingerprint density at radius 3 is 2.04 bits per heavy atom. The van der Waals surface area contributed by atoms with Gasteiger partial charge >= 0.3 is 6.18 Å². The molecule has 0 aromatic heterocycles. The van der Waals surface area contributed by atoms with E-state index in [1.165, 1.54) is 25.1 Å². The van der Waals surface area contributed by atoms with Gasteiger partial charge in [0, 0.05) is 11.3 Å². The van der Waals surface area contributed by atoms with Gasteiger partial charge in [-0.15, -0.1) is 0 Å². The zero-order valence-corrected chi connectivity index (χ0v) is 14.8. The van der Waals surface area contributed by atoms with Crippen LogP contribution in [0.1, 0.15) is 29.3 Å². The zero-order chi connectivity index (χ0) is 20.5. The fourth-order valence-electron chi connectivity index (χ4n) is 2.86. The molecule has 2 aromatic carbocycles. The van der Waals surface area contributed by atoms with Crippen LogP contribution in [-0.2, 0) is 15.8 Å². The molecule has 2 aromatic rings. The smallest absolute Gasteiger partial charge is 0.326 e. The Morgan fingerprint density at radius 2 is 1.46 bits per heavy atom. The van der Waals surface area contributed by atoms with E-state index in [9.17, 15) is 27.6 Å². The van der Waals surface area contributed by atoms with E-state index >= 15 is 0 Å². The molecule has 2 atom stereocenters. The number of alkyl halides is 3. The molecule has 3 rings (SSSR count). The normalized spacial score (nSPS) is 18.3. The van der Waals surface area contributed by atoms with Gasteiger partial charge < -0.3 is 10.6 Å². The van der Waals surface area contributed by atoms with Crippen LogP contribution >= 0.6 is 0 Å². The number of para-hydroxylation sites is 1. The fraction of sp³-hybridized carbons (Fsp3) is 0.250. The van der Waals surface area contributed by atoms with Crippen LogP contribution in [0.5, 0.6) is 0 Å². The number of amides is 2. The molecule has 1 saturated carbocycles. The molecule has 2 N–H and O–H groups in total. The van der Waals surface area contributed by atoms with E-state index in [2.05, 4.69) is 10.6 Å². The summed E-state index contributed by atoms with van der Waals surface area (Å²) in [4.78, 5) is 35.7. The van der Waals surface area contributed by atoms with E-state index in [1.807, 2.05) is 0 Å². The molecule has 2 unspecified atom stereocenters. The van der Waals surface area contributed by atoms with Crippen molar-refractivity contribution in [3.05, 3.63) is 59.7 Å². The maximum atomic E-state index is 13.0. The molecule has 0 heterocycles. The Bertz CT molecular complexity index is 923. The van der Waals surface area contributed by atoms with Crippen LogP contribution in [0.15, 0.2) is 48.5 Å². The summed E-state index contributed by atoms with van der Waals surface area (Å²) in [5.41, 5.74) is -0.282. The lowest BCUT2D eigenvalue weighted by Gasteiger charge is -2.13. The molecule has 28 heavy (non-hydrogen) atoms. The molecular weight excluding hydrogens is 373 g/mol. The van der Waals surface area contributed by atoms with Gasteiger partial charge in [-0.05, 0) is 49.7 Å². The van der Waals surface area contributed by atoms with Crippen molar-refractivity contribution in [3.8, 4) is 0 Å². The highest BCUT2D eigenvalue weighted by molar-refractivity contribution is 6.03. The lowest BCUT2D eigenvalue weighted by atomic mass is 10.1. The van der Waals surface area contributed by atoms with Crippen molar-refractivity contribution in [1.29, 1.82) is 0 Å². The molecule has 1 aliphatic carbocycles. The number of hydrogen-bond acceptors (Lipinski definition) is 3. The largest absolute Gasteiger partial charge is 0.418 e. The molecule has 2 amide bonds. The number of benzene rings is 2. The van der Waals surface area contributed by atoms with Gasteiger partial charge in [-0.3, -0.25) is 14.4 Å². The topological polar surface area (TPSA) is 75.3 Å². The molecule has 8 heteroatoms. The first-order valence-electron chi connectivity index (χ1n) is 8.56. The Hall–Kier alpha value is -3.16. The third-order valence-corrected chi connectivity index (χ3v) is 4.51. The van der Waals surface area contributed by atoms with E-state index in [0.29, 0.717) is 11.3 Å². The summed E-state index contributed by atoms with van der Waals surface area (Å²) in [6.45, 7) is 1.43. The van der Waals surface area contributed by atoms with Crippen molar-refractivity contribution in [1.82, 2.24) is 0 Å². The summed E-state index contributed by atoms with van der Waals surface area (Å²) in [5, 5.41) is 4.92. The van der Waals surface area contributed by atoms with Crippen LogP contribution in [0.25, 0.3) is 0 Å². The van der Waals surface area contributed by atoms with Crippen molar-refractivity contribution in [3.63, 3.8) is 0 Å². The van der Waals surface area contributed by atoms with E-state index in [4.69, 9.17) is 0 Å². The molecule has 0 radical (unpaired) electrons. The minimum atomic E-state index is -4.59. The summed E-state index contributed by atoms with van der Waals surface area (Å²) in [6, 6.07) is 11.0. The van der Waals surface area contributed by atoms with Gasteiger partial charge in [0.1, 0.15) is 0 Å². The van der Waals surface area contributed by atoms with E-state index in [-0.39, 0.29) is 23.8 Å². The fourth-order valence-corrected chi connectivity index (χ4v) is 2.86. The molecular formula is C20H17F3N2O3. The molecule has 0 bridgehead atoms. The predicted molar refractivity (Wildman–Crippen MR) is 96.7 cm³/mol. The number of hydrogen-bond donors (Lipinski definition) is 2. The molecule has 1 fully saturated rings. The monoisotopic (exact) mass is 390 g/mol. The first kappa shape index (κ1) is 19.6. The van der Waals surface area contributed by atoms with Gasteiger partial charge in [-0.2, -0.15) is 13.2 Å². The second kappa shape index (κ2) is 7.46. The molecule has 0 aliphatic heterocycles. The standard InChI is InChI=1S/C20H17F3N2O3/c1-11(26)12-6-8-13(9-7-12)24-18(27)14-10-15(14)19(28)25-17-5-3-2-4-16(17)20(21,22)23/h2-9,14-15H,10H2,1H3,(H,24,27)(H,25,28). The summed E-state index contributed by atoms with van der Waals surface area (Å²) < 4.78 is 39.0. The lowest BCUT2D eigenvalue weighted by molar-refractivity contribution is -0.137. The number of anilines is 2. The highest BCUT2D eigenvalue weighted by Crippen LogP contribution is 2.41. The molecule has 0 saturated heterocycles. The minimum Gasteiger partial charge on any atom is -0.326 e. The predicted octanol–water partition coefficient (Wildman–Crippen LogP) is 4.12. The van der Waals surface area contributed by atoms with Crippen LogP contribution in [-0.4, -0.2) is 17.6 Å². The third kappa shape index (κ3) is 4.39. The first-order valence-corrected chi connectivity index (χ1v) is 8.56. The Balaban J connectivity index is 1.60. The summed E-state index contributed by atoms with van der Waals surface area (Å²) in [6.07, 6.45) is -4.33. The molecule has 146 valence electrons. The average Bonchev–Trinajstić information content (AvgIpc) is 3.43. The van der Waals surface area contributed by atoms with Crippen LogP contribution in [0.2, 0.25) is 0 Å². The molecule has 1 aliphatic rings. The number of halogens is 3. The van der Waals surface area contributed by atoms with Gasteiger partial charge in [0.25, 0.3) is 0 Å². The van der Waals surface area contributed by atoms with Crippen molar-refractivity contribution < 1.29 is 27.6 Å². The number of carbonyl (C=O) groups is 3. The molecule has 5 nitrogen and oxygen atoms in total. The van der Waals surface area contributed by atoms with Crippen molar-refractivity contribution in [2.75, 3.05) is 10.6 Å². The maximum Gasteiger partial charge on any atom is 0.418 e. The molecule has 0 spiro atoms. The lowest BCUT2D eigenvalue weighted by Crippen LogP contribution is -2.22. The van der Waals surface area contributed by atoms with Crippen molar-refractivity contribution in [2.45, 2.75) is 19.5 Å². The number of nitrogens with one attached hydrogen (secondary N) is 2. The zero-order valence-electron chi connectivity index (χ0n) is 14.8. The summed E-state index contributed by atoms with van der Waals surface area (Å²) in [5.74, 6) is -2.40. The number of carbonyl (C=O) groups excluding carboxylic acids is 3. The maximum absolute atomic E-state index is 13.0.